The lowest BCUT2D eigenvalue weighted by atomic mass is 10.2. The number of nitrogens with one attached hydrogen (secondary N) is 1. The second-order valence-electron chi connectivity index (χ2n) is 5.65. The number of esters is 1. The first-order chi connectivity index (χ1) is 13.1. The van der Waals surface area contributed by atoms with Crippen molar-refractivity contribution in [2.24, 2.45) is 0 Å². The molecule has 0 saturated heterocycles. The molecule has 1 amide bonds. The van der Waals surface area contributed by atoms with Crippen LogP contribution in [0.2, 0.25) is 0 Å². The van der Waals surface area contributed by atoms with Gasteiger partial charge in [0.15, 0.2) is 11.5 Å². The molecule has 1 N–H and O–H groups in total. The van der Waals surface area contributed by atoms with Gasteiger partial charge in [0, 0.05) is 11.8 Å². The van der Waals surface area contributed by atoms with Crippen LogP contribution in [0.1, 0.15) is 29.3 Å². The maximum absolute atomic E-state index is 12.1. The SMILES string of the molecule is CCCOC(=O)c1cccc(NC(=O)/C=C/c2ccc(OC)c(OC)c2)c1. The summed E-state index contributed by atoms with van der Waals surface area (Å²) in [6, 6.07) is 12.0. The Morgan fingerprint density at radius 2 is 1.81 bits per heavy atom. The van der Waals surface area contributed by atoms with Crippen LogP contribution in [0.4, 0.5) is 5.69 Å². The van der Waals surface area contributed by atoms with E-state index in [1.54, 1.807) is 56.7 Å². The minimum Gasteiger partial charge on any atom is -0.493 e. The van der Waals surface area contributed by atoms with Gasteiger partial charge in [-0.3, -0.25) is 4.79 Å². The molecule has 0 spiro atoms. The topological polar surface area (TPSA) is 73.9 Å². The number of carbonyl (C=O) groups is 2. The lowest BCUT2D eigenvalue weighted by Gasteiger charge is -2.08. The van der Waals surface area contributed by atoms with E-state index in [4.69, 9.17) is 14.2 Å². The number of hydrogen-bond acceptors (Lipinski definition) is 5. The summed E-state index contributed by atoms with van der Waals surface area (Å²) < 4.78 is 15.5. The highest BCUT2D eigenvalue weighted by molar-refractivity contribution is 6.02. The molecule has 0 saturated carbocycles. The number of benzene rings is 2. The lowest BCUT2D eigenvalue weighted by molar-refractivity contribution is -0.111. The van der Waals surface area contributed by atoms with Crippen LogP contribution in [-0.4, -0.2) is 32.7 Å². The van der Waals surface area contributed by atoms with Gasteiger partial charge >= 0.3 is 5.97 Å². The van der Waals surface area contributed by atoms with Gasteiger partial charge in [-0.1, -0.05) is 19.1 Å². The molecule has 0 aliphatic carbocycles. The number of anilines is 1. The second-order valence-corrected chi connectivity index (χ2v) is 5.65. The summed E-state index contributed by atoms with van der Waals surface area (Å²) in [5.41, 5.74) is 1.70. The summed E-state index contributed by atoms with van der Waals surface area (Å²) in [5, 5.41) is 2.73. The molecule has 0 aliphatic heterocycles. The average Bonchev–Trinajstić information content (AvgIpc) is 2.70. The molecule has 2 rings (SSSR count). The fourth-order valence-corrected chi connectivity index (χ4v) is 2.31. The maximum Gasteiger partial charge on any atom is 0.338 e. The second kappa shape index (κ2) is 10.0. The number of hydrogen-bond donors (Lipinski definition) is 1. The highest BCUT2D eigenvalue weighted by Gasteiger charge is 2.08. The molecular formula is C21H23NO5. The predicted octanol–water partition coefficient (Wildman–Crippen LogP) is 3.92. The van der Waals surface area contributed by atoms with Crippen molar-refractivity contribution in [2.75, 3.05) is 26.1 Å². The summed E-state index contributed by atoms with van der Waals surface area (Å²) in [4.78, 5) is 24.0. The Bertz CT molecular complexity index is 829. The highest BCUT2D eigenvalue weighted by atomic mass is 16.5. The summed E-state index contributed by atoms with van der Waals surface area (Å²) in [6.07, 6.45) is 3.82. The van der Waals surface area contributed by atoms with Crippen LogP contribution in [0.3, 0.4) is 0 Å². The molecule has 0 aliphatic rings. The number of amides is 1. The highest BCUT2D eigenvalue weighted by Crippen LogP contribution is 2.28. The first-order valence-electron chi connectivity index (χ1n) is 8.55. The van der Waals surface area contributed by atoms with Crippen LogP contribution in [0.25, 0.3) is 6.08 Å². The largest absolute Gasteiger partial charge is 0.493 e. The van der Waals surface area contributed by atoms with E-state index < -0.39 is 5.97 Å². The Morgan fingerprint density at radius 1 is 1.04 bits per heavy atom. The van der Waals surface area contributed by atoms with Crippen molar-refractivity contribution in [3.8, 4) is 11.5 Å². The van der Waals surface area contributed by atoms with Gasteiger partial charge in [-0.15, -0.1) is 0 Å². The zero-order valence-corrected chi connectivity index (χ0v) is 15.7. The van der Waals surface area contributed by atoms with Crippen LogP contribution >= 0.6 is 0 Å². The van der Waals surface area contributed by atoms with Crippen molar-refractivity contribution in [1.29, 1.82) is 0 Å². The Hall–Kier alpha value is -3.28. The fourth-order valence-electron chi connectivity index (χ4n) is 2.31. The van der Waals surface area contributed by atoms with E-state index in [9.17, 15) is 9.59 Å². The molecule has 27 heavy (non-hydrogen) atoms. The van der Waals surface area contributed by atoms with Crippen molar-refractivity contribution in [1.82, 2.24) is 0 Å². The third kappa shape index (κ3) is 5.88. The number of carbonyl (C=O) groups excluding carboxylic acids is 2. The fraction of sp³-hybridized carbons (Fsp3) is 0.238. The molecule has 0 fully saturated rings. The third-order valence-electron chi connectivity index (χ3n) is 3.64. The smallest absolute Gasteiger partial charge is 0.338 e. The molecule has 6 nitrogen and oxygen atoms in total. The Morgan fingerprint density at radius 3 is 2.52 bits per heavy atom. The predicted molar refractivity (Wildman–Crippen MR) is 104 cm³/mol. The molecule has 0 radical (unpaired) electrons. The summed E-state index contributed by atoms with van der Waals surface area (Å²) in [5.74, 6) is 0.474. The standard InChI is InChI=1S/C21H23NO5/c1-4-12-27-21(24)16-6-5-7-17(14-16)22-20(23)11-9-15-8-10-18(25-2)19(13-15)26-3/h5-11,13-14H,4,12H2,1-3H3,(H,22,23)/b11-9+. The van der Waals surface area contributed by atoms with Gasteiger partial charge in [-0.2, -0.15) is 0 Å². The van der Waals surface area contributed by atoms with Gasteiger partial charge in [0.2, 0.25) is 5.91 Å². The maximum atomic E-state index is 12.1. The molecule has 142 valence electrons. The van der Waals surface area contributed by atoms with Crippen LogP contribution in [0.15, 0.2) is 48.5 Å². The molecule has 0 unspecified atom stereocenters. The number of methoxy groups -OCH3 is 2. The number of rotatable bonds is 8. The minimum atomic E-state index is -0.409. The molecule has 2 aromatic rings. The molecule has 0 heterocycles. The van der Waals surface area contributed by atoms with Gasteiger partial charge in [0.1, 0.15) is 0 Å². The van der Waals surface area contributed by atoms with Gasteiger partial charge in [0.25, 0.3) is 0 Å². The van der Waals surface area contributed by atoms with E-state index in [1.807, 2.05) is 13.0 Å². The quantitative estimate of drug-likeness (QED) is 0.564. The first-order valence-corrected chi connectivity index (χ1v) is 8.55. The molecule has 2 aromatic carbocycles. The zero-order valence-electron chi connectivity index (χ0n) is 15.7. The van der Waals surface area contributed by atoms with E-state index in [0.29, 0.717) is 29.4 Å². The van der Waals surface area contributed by atoms with E-state index >= 15 is 0 Å². The van der Waals surface area contributed by atoms with Crippen LogP contribution < -0.4 is 14.8 Å². The normalized spacial score (nSPS) is 10.5. The Labute approximate surface area is 158 Å². The first kappa shape index (κ1) is 20.0. The van der Waals surface area contributed by atoms with Crippen molar-refractivity contribution < 1.29 is 23.8 Å². The van der Waals surface area contributed by atoms with Gasteiger partial charge in [0.05, 0.1) is 26.4 Å². The van der Waals surface area contributed by atoms with Gasteiger partial charge in [-0.05, 0) is 48.4 Å². The van der Waals surface area contributed by atoms with E-state index in [2.05, 4.69) is 5.32 Å². The Kier molecular flexibility index (Phi) is 7.43. The van der Waals surface area contributed by atoms with Crippen LogP contribution in [0.5, 0.6) is 11.5 Å². The van der Waals surface area contributed by atoms with Crippen molar-refractivity contribution >= 4 is 23.6 Å². The monoisotopic (exact) mass is 369 g/mol. The third-order valence-corrected chi connectivity index (χ3v) is 3.64. The zero-order chi connectivity index (χ0) is 19.6. The summed E-state index contributed by atoms with van der Waals surface area (Å²) in [7, 11) is 3.11. The van der Waals surface area contributed by atoms with E-state index in [0.717, 1.165) is 12.0 Å². The molecule has 0 atom stereocenters. The summed E-state index contributed by atoms with van der Waals surface area (Å²) >= 11 is 0. The van der Waals surface area contributed by atoms with Crippen molar-refractivity contribution in [3.63, 3.8) is 0 Å². The molecule has 0 aromatic heterocycles. The van der Waals surface area contributed by atoms with Gasteiger partial charge in [-0.25, -0.2) is 4.79 Å². The lowest BCUT2D eigenvalue weighted by Crippen LogP contribution is -2.10. The molecule has 0 bridgehead atoms. The van der Waals surface area contributed by atoms with E-state index in [1.165, 1.54) is 6.08 Å². The number of ether oxygens (including phenoxy) is 3. The van der Waals surface area contributed by atoms with E-state index in [-0.39, 0.29) is 5.91 Å². The van der Waals surface area contributed by atoms with Crippen LogP contribution in [0, 0.1) is 0 Å². The summed E-state index contributed by atoms with van der Waals surface area (Å²) in [6.45, 7) is 2.29. The van der Waals surface area contributed by atoms with Crippen LogP contribution in [-0.2, 0) is 9.53 Å². The van der Waals surface area contributed by atoms with Crippen molar-refractivity contribution in [2.45, 2.75) is 13.3 Å². The van der Waals surface area contributed by atoms with Gasteiger partial charge < -0.3 is 19.5 Å². The minimum absolute atomic E-state index is 0.316. The van der Waals surface area contributed by atoms with Crippen molar-refractivity contribution in [3.05, 3.63) is 59.7 Å². The molecular weight excluding hydrogens is 346 g/mol. The average molecular weight is 369 g/mol. The Balaban J connectivity index is 2.03. The molecule has 6 heteroatoms.